The highest BCUT2D eigenvalue weighted by molar-refractivity contribution is 7.89. The normalized spacial score (nSPS) is 19.6. The van der Waals surface area contributed by atoms with E-state index in [1.807, 2.05) is 32.0 Å². The zero-order chi connectivity index (χ0) is 15.7. The predicted molar refractivity (Wildman–Crippen MR) is 85.5 cm³/mol. The van der Waals surface area contributed by atoms with Gasteiger partial charge in [0.2, 0.25) is 10.0 Å². The number of nitrogens with zero attached hydrogens (tertiary/aromatic N) is 2. The Morgan fingerprint density at radius 2 is 1.86 bits per heavy atom. The fourth-order valence-electron chi connectivity index (χ4n) is 3.10. The standard InChI is InChI=1S/C16H22N2O3S/c1-3-12-6-5-7-13(4-2)16(12)22(19,20)18-10-14(11-18)15-8-9-21-17-15/h5-7,14H,3-4,8-11H2,1-2H3. The van der Waals surface area contributed by atoms with Gasteiger partial charge in [0, 0.05) is 25.4 Å². The lowest BCUT2D eigenvalue weighted by Crippen LogP contribution is -2.52. The second kappa shape index (κ2) is 6.01. The molecule has 22 heavy (non-hydrogen) atoms. The van der Waals surface area contributed by atoms with Gasteiger partial charge in [-0.2, -0.15) is 4.31 Å². The van der Waals surface area contributed by atoms with Gasteiger partial charge in [-0.05, 0) is 24.0 Å². The molecule has 0 radical (unpaired) electrons. The first-order chi connectivity index (χ1) is 10.6. The fourth-order valence-corrected chi connectivity index (χ4v) is 5.20. The zero-order valence-corrected chi connectivity index (χ0v) is 13.9. The Hall–Kier alpha value is -1.40. The van der Waals surface area contributed by atoms with Gasteiger partial charge in [-0.1, -0.05) is 37.2 Å². The first-order valence-electron chi connectivity index (χ1n) is 7.87. The van der Waals surface area contributed by atoms with Crippen LogP contribution in [0, 0.1) is 5.92 Å². The van der Waals surface area contributed by atoms with Crippen LogP contribution in [0.1, 0.15) is 31.4 Å². The molecular weight excluding hydrogens is 300 g/mol. The third-order valence-corrected chi connectivity index (χ3v) is 6.51. The molecule has 0 bridgehead atoms. The van der Waals surface area contributed by atoms with E-state index in [9.17, 15) is 8.42 Å². The summed E-state index contributed by atoms with van der Waals surface area (Å²) in [6, 6.07) is 5.77. The van der Waals surface area contributed by atoms with Crippen LogP contribution in [0.5, 0.6) is 0 Å². The minimum absolute atomic E-state index is 0.219. The highest BCUT2D eigenvalue weighted by atomic mass is 32.2. The molecule has 0 unspecified atom stereocenters. The Balaban J connectivity index is 1.85. The first-order valence-corrected chi connectivity index (χ1v) is 9.31. The third-order valence-electron chi connectivity index (χ3n) is 4.49. The second-order valence-electron chi connectivity index (χ2n) is 5.80. The highest BCUT2D eigenvalue weighted by Gasteiger charge is 2.41. The van der Waals surface area contributed by atoms with Crippen molar-refractivity contribution in [1.82, 2.24) is 4.31 Å². The molecule has 5 nitrogen and oxygen atoms in total. The van der Waals surface area contributed by atoms with E-state index in [1.165, 1.54) is 0 Å². The molecule has 0 aromatic heterocycles. The van der Waals surface area contributed by atoms with Crippen LogP contribution in [0.25, 0.3) is 0 Å². The van der Waals surface area contributed by atoms with Crippen molar-refractivity contribution in [2.24, 2.45) is 11.1 Å². The maximum absolute atomic E-state index is 13.0. The Bertz CT molecular complexity index is 669. The first kappa shape index (κ1) is 15.5. The third kappa shape index (κ3) is 2.54. The summed E-state index contributed by atoms with van der Waals surface area (Å²) in [5.41, 5.74) is 2.82. The second-order valence-corrected chi connectivity index (χ2v) is 7.67. The fraction of sp³-hybridized carbons (Fsp3) is 0.562. The summed E-state index contributed by atoms with van der Waals surface area (Å²) < 4.78 is 27.6. The molecule has 120 valence electrons. The van der Waals surface area contributed by atoms with Crippen molar-refractivity contribution in [2.75, 3.05) is 19.7 Å². The van der Waals surface area contributed by atoms with E-state index in [4.69, 9.17) is 4.84 Å². The molecule has 0 amide bonds. The van der Waals surface area contributed by atoms with Crippen molar-refractivity contribution in [3.05, 3.63) is 29.3 Å². The molecule has 2 heterocycles. The SMILES string of the molecule is CCc1cccc(CC)c1S(=O)(=O)N1CC(C2=NOCC2)C1. The summed E-state index contributed by atoms with van der Waals surface area (Å²) in [4.78, 5) is 5.53. The van der Waals surface area contributed by atoms with Gasteiger partial charge in [0.1, 0.15) is 6.61 Å². The van der Waals surface area contributed by atoms with Crippen LogP contribution in [-0.2, 0) is 27.7 Å². The summed E-state index contributed by atoms with van der Waals surface area (Å²) in [7, 11) is -3.41. The number of sulfonamides is 1. The number of aryl methyl sites for hydroxylation is 2. The molecule has 1 aromatic carbocycles. The van der Waals surface area contributed by atoms with Gasteiger partial charge in [0.05, 0.1) is 10.6 Å². The minimum atomic E-state index is -3.41. The minimum Gasteiger partial charge on any atom is -0.395 e. The van der Waals surface area contributed by atoms with E-state index in [2.05, 4.69) is 5.16 Å². The Morgan fingerprint density at radius 1 is 1.23 bits per heavy atom. The lowest BCUT2D eigenvalue weighted by Gasteiger charge is -2.38. The predicted octanol–water partition coefficient (Wildman–Crippen LogP) is 2.21. The molecule has 0 N–H and O–H groups in total. The molecular formula is C16H22N2O3S. The lowest BCUT2D eigenvalue weighted by molar-refractivity contribution is 0.172. The van der Waals surface area contributed by atoms with Gasteiger partial charge in [0.15, 0.2) is 0 Å². The molecule has 6 heteroatoms. The van der Waals surface area contributed by atoms with Gasteiger partial charge < -0.3 is 4.84 Å². The quantitative estimate of drug-likeness (QED) is 0.835. The van der Waals surface area contributed by atoms with Crippen molar-refractivity contribution >= 4 is 15.7 Å². The lowest BCUT2D eigenvalue weighted by atomic mass is 9.96. The number of hydrogen-bond donors (Lipinski definition) is 0. The molecule has 3 rings (SSSR count). The van der Waals surface area contributed by atoms with Gasteiger partial charge >= 0.3 is 0 Å². The van der Waals surface area contributed by atoms with Crippen LogP contribution >= 0.6 is 0 Å². The smallest absolute Gasteiger partial charge is 0.243 e. The molecule has 1 aromatic rings. The largest absolute Gasteiger partial charge is 0.395 e. The van der Waals surface area contributed by atoms with Crippen LogP contribution in [0.3, 0.4) is 0 Å². The van der Waals surface area contributed by atoms with Crippen LogP contribution in [0.15, 0.2) is 28.3 Å². The Kier molecular flexibility index (Phi) is 4.23. The maximum atomic E-state index is 13.0. The van der Waals surface area contributed by atoms with Crippen molar-refractivity contribution < 1.29 is 13.3 Å². The summed E-state index contributed by atoms with van der Waals surface area (Å²) in [6.45, 7) is 5.66. The molecule has 1 saturated heterocycles. The van der Waals surface area contributed by atoms with Crippen molar-refractivity contribution in [2.45, 2.75) is 38.0 Å². The number of hydrogen-bond acceptors (Lipinski definition) is 4. The average Bonchev–Trinajstić information content (AvgIpc) is 2.98. The maximum Gasteiger partial charge on any atom is 0.243 e. The van der Waals surface area contributed by atoms with E-state index in [1.54, 1.807) is 4.31 Å². The van der Waals surface area contributed by atoms with Gasteiger partial charge in [-0.3, -0.25) is 0 Å². The van der Waals surface area contributed by atoms with Crippen molar-refractivity contribution in [3.63, 3.8) is 0 Å². The van der Waals surface area contributed by atoms with E-state index >= 15 is 0 Å². The van der Waals surface area contributed by atoms with E-state index in [0.29, 0.717) is 24.6 Å². The average molecular weight is 322 g/mol. The number of oxime groups is 1. The van der Waals surface area contributed by atoms with Gasteiger partial charge in [0.25, 0.3) is 0 Å². The van der Waals surface area contributed by atoms with Gasteiger partial charge in [-0.15, -0.1) is 0 Å². The number of rotatable bonds is 5. The number of benzene rings is 1. The van der Waals surface area contributed by atoms with Crippen LogP contribution in [0.4, 0.5) is 0 Å². The van der Waals surface area contributed by atoms with Crippen molar-refractivity contribution in [3.8, 4) is 0 Å². The van der Waals surface area contributed by atoms with E-state index in [-0.39, 0.29) is 5.92 Å². The molecule has 0 spiro atoms. The Morgan fingerprint density at radius 3 is 2.36 bits per heavy atom. The summed E-state index contributed by atoms with van der Waals surface area (Å²) in [5, 5.41) is 4.01. The van der Waals surface area contributed by atoms with E-state index < -0.39 is 10.0 Å². The zero-order valence-electron chi connectivity index (χ0n) is 13.1. The molecule has 1 fully saturated rings. The van der Waals surface area contributed by atoms with Gasteiger partial charge in [-0.25, -0.2) is 8.42 Å². The highest BCUT2D eigenvalue weighted by Crippen LogP contribution is 2.32. The van der Waals surface area contributed by atoms with Crippen LogP contribution in [0.2, 0.25) is 0 Å². The molecule has 2 aliphatic heterocycles. The summed E-state index contributed by atoms with van der Waals surface area (Å²) in [5.74, 6) is 0.219. The summed E-state index contributed by atoms with van der Waals surface area (Å²) in [6.07, 6.45) is 2.27. The molecule has 2 aliphatic rings. The monoisotopic (exact) mass is 322 g/mol. The molecule has 0 atom stereocenters. The Labute approximate surface area is 132 Å². The van der Waals surface area contributed by atoms with Crippen LogP contribution in [-0.4, -0.2) is 38.1 Å². The van der Waals surface area contributed by atoms with E-state index in [0.717, 1.165) is 36.1 Å². The molecule has 0 saturated carbocycles. The summed E-state index contributed by atoms with van der Waals surface area (Å²) >= 11 is 0. The van der Waals surface area contributed by atoms with Crippen LogP contribution < -0.4 is 0 Å². The topological polar surface area (TPSA) is 59.0 Å². The van der Waals surface area contributed by atoms with Crippen molar-refractivity contribution in [1.29, 1.82) is 0 Å². The molecule has 0 aliphatic carbocycles.